The molecular formula is C8H10N4O2. The monoisotopic (exact) mass is 194 g/mol. The highest BCUT2D eigenvalue weighted by Gasteiger charge is 2.13. The molecule has 14 heavy (non-hydrogen) atoms. The lowest BCUT2D eigenvalue weighted by molar-refractivity contribution is 0.184. The van der Waals surface area contributed by atoms with Gasteiger partial charge in [-0.2, -0.15) is 4.98 Å². The van der Waals surface area contributed by atoms with Crippen LogP contribution in [0.2, 0.25) is 0 Å². The Bertz CT molecular complexity index is 432. The quantitative estimate of drug-likeness (QED) is 0.754. The van der Waals surface area contributed by atoms with Crippen LogP contribution < -0.4 is 0 Å². The van der Waals surface area contributed by atoms with Crippen molar-refractivity contribution in [3.8, 4) is 11.6 Å². The van der Waals surface area contributed by atoms with Gasteiger partial charge in [-0.05, 0) is 6.92 Å². The van der Waals surface area contributed by atoms with Gasteiger partial charge in [0.25, 0.3) is 5.89 Å². The van der Waals surface area contributed by atoms with Gasteiger partial charge in [0.05, 0.1) is 6.33 Å². The third-order valence-electron chi connectivity index (χ3n) is 1.74. The van der Waals surface area contributed by atoms with E-state index in [2.05, 4.69) is 15.1 Å². The van der Waals surface area contributed by atoms with Crippen molar-refractivity contribution in [3.05, 3.63) is 18.3 Å². The van der Waals surface area contributed by atoms with Gasteiger partial charge in [0.2, 0.25) is 0 Å². The van der Waals surface area contributed by atoms with Crippen LogP contribution >= 0.6 is 0 Å². The van der Waals surface area contributed by atoms with E-state index in [0.29, 0.717) is 11.6 Å². The Balaban J connectivity index is 2.33. The molecule has 0 aliphatic heterocycles. The molecule has 6 nitrogen and oxygen atoms in total. The van der Waals surface area contributed by atoms with Crippen LogP contribution in [0, 0.1) is 0 Å². The molecule has 0 radical (unpaired) electrons. The van der Waals surface area contributed by atoms with E-state index in [9.17, 15) is 5.11 Å². The molecule has 0 amide bonds. The summed E-state index contributed by atoms with van der Waals surface area (Å²) in [6, 6.07) is 0. The highest BCUT2D eigenvalue weighted by atomic mass is 16.5. The smallest absolute Gasteiger partial charge is 0.278 e. The van der Waals surface area contributed by atoms with E-state index in [4.69, 9.17) is 4.52 Å². The lowest BCUT2D eigenvalue weighted by Gasteiger charge is -1.91. The summed E-state index contributed by atoms with van der Waals surface area (Å²) in [5, 5.41) is 12.8. The van der Waals surface area contributed by atoms with Gasteiger partial charge in [-0.3, -0.25) is 0 Å². The zero-order valence-electron chi connectivity index (χ0n) is 7.88. The molecule has 2 aromatic rings. The molecule has 2 heterocycles. The predicted molar refractivity (Wildman–Crippen MR) is 47.1 cm³/mol. The highest BCUT2D eigenvalue weighted by Crippen LogP contribution is 2.16. The van der Waals surface area contributed by atoms with Gasteiger partial charge in [-0.1, -0.05) is 5.16 Å². The van der Waals surface area contributed by atoms with Crippen molar-refractivity contribution in [2.75, 3.05) is 0 Å². The summed E-state index contributed by atoms with van der Waals surface area (Å²) in [5.74, 6) is 0.590. The average Bonchev–Trinajstić information content (AvgIpc) is 2.70. The van der Waals surface area contributed by atoms with Crippen LogP contribution in [-0.2, 0) is 7.05 Å². The first kappa shape index (κ1) is 8.89. The van der Waals surface area contributed by atoms with Crippen molar-refractivity contribution in [2.45, 2.75) is 13.0 Å². The zero-order chi connectivity index (χ0) is 10.1. The molecule has 1 atom stereocenters. The van der Waals surface area contributed by atoms with Crippen LogP contribution in [0.5, 0.6) is 0 Å². The number of aryl methyl sites for hydroxylation is 1. The predicted octanol–water partition coefficient (Wildman–Crippen LogP) is 0.523. The summed E-state index contributed by atoms with van der Waals surface area (Å²) < 4.78 is 6.71. The van der Waals surface area contributed by atoms with Crippen molar-refractivity contribution in [2.24, 2.45) is 7.05 Å². The van der Waals surface area contributed by atoms with Crippen molar-refractivity contribution >= 4 is 0 Å². The van der Waals surface area contributed by atoms with Gasteiger partial charge >= 0.3 is 0 Å². The van der Waals surface area contributed by atoms with Crippen molar-refractivity contribution in [3.63, 3.8) is 0 Å². The summed E-state index contributed by atoms with van der Waals surface area (Å²) in [7, 11) is 1.85. The molecule has 0 fully saturated rings. The third-order valence-corrected chi connectivity index (χ3v) is 1.74. The first-order valence-electron chi connectivity index (χ1n) is 4.17. The maximum Gasteiger partial charge on any atom is 0.278 e. The van der Waals surface area contributed by atoms with E-state index in [-0.39, 0.29) is 5.82 Å². The molecule has 1 unspecified atom stereocenters. The second-order valence-electron chi connectivity index (χ2n) is 3.06. The number of rotatable bonds is 2. The van der Waals surface area contributed by atoms with Gasteiger partial charge in [0, 0.05) is 13.2 Å². The van der Waals surface area contributed by atoms with E-state index in [1.54, 1.807) is 24.0 Å². The number of imidazole rings is 1. The molecule has 0 saturated heterocycles. The van der Waals surface area contributed by atoms with E-state index in [1.807, 2.05) is 7.05 Å². The molecule has 0 aromatic carbocycles. The largest absolute Gasteiger partial charge is 0.385 e. The molecule has 2 rings (SSSR count). The Morgan fingerprint density at radius 2 is 2.36 bits per heavy atom. The van der Waals surface area contributed by atoms with Gasteiger partial charge < -0.3 is 14.2 Å². The summed E-state index contributed by atoms with van der Waals surface area (Å²) in [4.78, 5) is 8.03. The molecule has 0 saturated carbocycles. The van der Waals surface area contributed by atoms with Crippen LogP contribution in [0.4, 0.5) is 0 Å². The molecule has 0 aliphatic carbocycles. The number of aromatic nitrogens is 4. The molecule has 6 heteroatoms. The number of hydrogen-bond donors (Lipinski definition) is 1. The van der Waals surface area contributed by atoms with Gasteiger partial charge in [-0.15, -0.1) is 0 Å². The van der Waals surface area contributed by atoms with Gasteiger partial charge in [-0.25, -0.2) is 4.98 Å². The summed E-state index contributed by atoms with van der Waals surface area (Å²) in [5.41, 5.74) is 0.604. The minimum absolute atomic E-state index is 0.269. The minimum Gasteiger partial charge on any atom is -0.385 e. The number of hydrogen-bond acceptors (Lipinski definition) is 5. The Morgan fingerprint density at radius 3 is 2.86 bits per heavy atom. The van der Waals surface area contributed by atoms with Crippen LogP contribution in [-0.4, -0.2) is 24.8 Å². The fraction of sp³-hybridized carbons (Fsp3) is 0.375. The summed E-state index contributed by atoms with van der Waals surface area (Å²) in [6.07, 6.45) is 2.68. The molecule has 0 spiro atoms. The van der Waals surface area contributed by atoms with E-state index >= 15 is 0 Å². The second-order valence-corrected chi connectivity index (χ2v) is 3.06. The van der Waals surface area contributed by atoms with Gasteiger partial charge in [0.15, 0.2) is 5.82 Å². The fourth-order valence-electron chi connectivity index (χ4n) is 1.03. The Hall–Kier alpha value is -1.69. The van der Waals surface area contributed by atoms with E-state index in [1.165, 1.54) is 0 Å². The second kappa shape index (κ2) is 3.22. The van der Waals surface area contributed by atoms with Crippen LogP contribution in [0.25, 0.3) is 11.6 Å². The number of aliphatic hydroxyl groups excluding tert-OH is 1. The Kier molecular flexibility index (Phi) is 2.05. The maximum atomic E-state index is 9.18. The molecule has 0 bridgehead atoms. The SMILES string of the molecule is CC(O)c1noc(-c2cn(C)cn2)n1. The molecule has 0 aliphatic rings. The Morgan fingerprint density at radius 1 is 1.57 bits per heavy atom. The van der Waals surface area contributed by atoms with E-state index < -0.39 is 6.10 Å². The summed E-state index contributed by atoms with van der Waals surface area (Å²) in [6.45, 7) is 1.58. The number of nitrogens with zero attached hydrogens (tertiary/aromatic N) is 4. The third kappa shape index (κ3) is 1.51. The van der Waals surface area contributed by atoms with Crippen LogP contribution in [0.1, 0.15) is 18.9 Å². The fourth-order valence-corrected chi connectivity index (χ4v) is 1.03. The molecule has 74 valence electrons. The molecule has 2 aromatic heterocycles. The lowest BCUT2D eigenvalue weighted by Crippen LogP contribution is -1.92. The topological polar surface area (TPSA) is 77.0 Å². The normalized spacial score (nSPS) is 13.1. The van der Waals surface area contributed by atoms with Gasteiger partial charge in [0.1, 0.15) is 11.8 Å². The zero-order valence-corrected chi connectivity index (χ0v) is 7.88. The molecule has 1 N–H and O–H groups in total. The van der Waals surface area contributed by atoms with Crippen molar-refractivity contribution < 1.29 is 9.63 Å². The summed E-state index contributed by atoms with van der Waals surface area (Å²) >= 11 is 0. The standard InChI is InChI=1S/C8H10N4O2/c1-5(13)7-10-8(14-11-7)6-3-12(2)4-9-6/h3-5,13H,1-2H3. The van der Waals surface area contributed by atoms with E-state index in [0.717, 1.165) is 0 Å². The first-order chi connectivity index (χ1) is 6.66. The number of aliphatic hydroxyl groups is 1. The Labute approximate surface area is 80.2 Å². The first-order valence-corrected chi connectivity index (χ1v) is 4.17. The average molecular weight is 194 g/mol. The minimum atomic E-state index is -0.726. The van der Waals surface area contributed by atoms with Crippen molar-refractivity contribution in [1.82, 2.24) is 19.7 Å². The lowest BCUT2D eigenvalue weighted by atomic mass is 10.4. The van der Waals surface area contributed by atoms with Crippen molar-refractivity contribution in [1.29, 1.82) is 0 Å². The highest BCUT2D eigenvalue weighted by molar-refractivity contribution is 5.44. The van der Waals surface area contributed by atoms with Crippen LogP contribution in [0.3, 0.4) is 0 Å². The maximum absolute atomic E-state index is 9.18. The molecular weight excluding hydrogens is 184 g/mol. The van der Waals surface area contributed by atoms with Crippen LogP contribution in [0.15, 0.2) is 17.0 Å².